The molecule has 0 aromatic heterocycles. The van der Waals surface area contributed by atoms with Gasteiger partial charge in [0.2, 0.25) is 0 Å². The SMILES string of the molecule is CCCCCCCCCCCC(C)(OCC)C1OCC(=O)CO1. The van der Waals surface area contributed by atoms with Crippen molar-refractivity contribution in [1.82, 2.24) is 0 Å². The number of carbonyl (C=O) groups excluding carboxylic acids is 1. The number of rotatable bonds is 13. The number of carbonyl (C=O) groups is 1. The number of Topliss-reactive ketones (excluding diaryl/α,β-unsaturated/α-hetero) is 1. The molecule has 0 amide bonds. The molecule has 4 nitrogen and oxygen atoms in total. The molecule has 1 fully saturated rings. The van der Waals surface area contributed by atoms with Gasteiger partial charge in [-0.3, -0.25) is 4.79 Å². The lowest BCUT2D eigenvalue weighted by Gasteiger charge is -2.38. The Morgan fingerprint density at radius 2 is 1.48 bits per heavy atom. The van der Waals surface area contributed by atoms with E-state index in [0.717, 1.165) is 12.8 Å². The lowest BCUT2D eigenvalue weighted by atomic mass is 9.95. The quantitative estimate of drug-likeness (QED) is 0.462. The highest BCUT2D eigenvalue weighted by atomic mass is 16.7. The zero-order valence-corrected chi connectivity index (χ0v) is 15.4. The second-order valence-corrected chi connectivity index (χ2v) is 6.82. The van der Waals surface area contributed by atoms with Crippen LogP contribution in [0.4, 0.5) is 0 Å². The van der Waals surface area contributed by atoms with Gasteiger partial charge in [0.1, 0.15) is 18.8 Å². The molecule has 23 heavy (non-hydrogen) atoms. The molecule has 1 aliphatic heterocycles. The molecular weight excluding hydrogens is 292 g/mol. The minimum absolute atomic E-state index is 0.00294. The van der Waals surface area contributed by atoms with Gasteiger partial charge in [-0.1, -0.05) is 64.7 Å². The van der Waals surface area contributed by atoms with Crippen LogP contribution < -0.4 is 0 Å². The van der Waals surface area contributed by atoms with Crippen LogP contribution >= 0.6 is 0 Å². The first-order valence-electron chi connectivity index (χ1n) is 9.51. The number of hydrogen-bond acceptors (Lipinski definition) is 4. The molecule has 1 aliphatic rings. The first-order valence-corrected chi connectivity index (χ1v) is 9.51. The normalized spacial score (nSPS) is 19.0. The molecule has 1 atom stereocenters. The fourth-order valence-electron chi connectivity index (χ4n) is 3.15. The van der Waals surface area contributed by atoms with Crippen molar-refractivity contribution in [3.8, 4) is 0 Å². The van der Waals surface area contributed by atoms with Crippen molar-refractivity contribution in [2.45, 2.75) is 96.9 Å². The van der Waals surface area contributed by atoms with Crippen LogP contribution in [0.25, 0.3) is 0 Å². The van der Waals surface area contributed by atoms with Crippen molar-refractivity contribution < 1.29 is 19.0 Å². The highest BCUT2D eigenvalue weighted by molar-refractivity contribution is 5.81. The highest BCUT2D eigenvalue weighted by Gasteiger charge is 2.39. The van der Waals surface area contributed by atoms with E-state index in [-0.39, 0.29) is 19.0 Å². The minimum atomic E-state index is -0.448. The molecule has 0 N–H and O–H groups in total. The number of ether oxygens (including phenoxy) is 3. The first kappa shape index (κ1) is 20.6. The zero-order chi connectivity index (χ0) is 17.0. The van der Waals surface area contributed by atoms with E-state index in [4.69, 9.17) is 14.2 Å². The Bertz CT molecular complexity index is 308. The van der Waals surface area contributed by atoms with Crippen LogP contribution in [0.3, 0.4) is 0 Å². The van der Waals surface area contributed by atoms with Crippen LogP contribution in [-0.2, 0) is 19.0 Å². The Labute approximate surface area is 142 Å². The van der Waals surface area contributed by atoms with Gasteiger partial charge in [-0.05, 0) is 20.3 Å². The van der Waals surface area contributed by atoms with E-state index in [9.17, 15) is 4.79 Å². The number of ketones is 1. The Hall–Kier alpha value is -0.450. The molecule has 4 heteroatoms. The second-order valence-electron chi connectivity index (χ2n) is 6.82. The van der Waals surface area contributed by atoms with Crippen LogP contribution in [0.2, 0.25) is 0 Å². The molecule has 0 spiro atoms. The Morgan fingerprint density at radius 3 is 2.00 bits per heavy atom. The summed E-state index contributed by atoms with van der Waals surface area (Å²) in [5, 5.41) is 0. The van der Waals surface area contributed by atoms with Crippen molar-refractivity contribution >= 4 is 5.78 Å². The number of hydrogen-bond donors (Lipinski definition) is 0. The maximum absolute atomic E-state index is 11.2. The molecule has 1 rings (SSSR count). The van der Waals surface area contributed by atoms with Crippen LogP contribution in [0.1, 0.15) is 85.0 Å². The van der Waals surface area contributed by atoms with E-state index in [2.05, 4.69) is 6.92 Å². The first-order chi connectivity index (χ1) is 11.1. The maximum atomic E-state index is 11.2. The molecule has 1 unspecified atom stereocenters. The van der Waals surface area contributed by atoms with Gasteiger partial charge in [-0.2, -0.15) is 0 Å². The fourth-order valence-corrected chi connectivity index (χ4v) is 3.15. The second kappa shape index (κ2) is 12.0. The van der Waals surface area contributed by atoms with E-state index in [1.54, 1.807) is 0 Å². The predicted molar refractivity (Wildman–Crippen MR) is 92.6 cm³/mol. The predicted octanol–water partition coefficient (Wildman–Crippen LogP) is 4.64. The topological polar surface area (TPSA) is 44.8 Å². The standard InChI is InChI=1S/C19H36O4/c1-4-6-7-8-9-10-11-12-13-14-19(3,23-5-2)18-21-15-17(20)16-22-18/h18H,4-16H2,1-3H3. The average molecular weight is 328 g/mol. The van der Waals surface area contributed by atoms with Crippen molar-refractivity contribution in [2.75, 3.05) is 19.8 Å². The third kappa shape index (κ3) is 8.27. The van der Waals surface area contributed by atoms with Gasteiger partial charge >= 0.3 is 0 Å². The third-order valence-corrected chi connectivity index (χ3v) is 4.54. The molecule has 0 aliphatic carbocycles. The van der Waals surface area contributed by atoms with Crippen LogP contribution in [0.5, 0.6) is 0 Å². The minimum Gasteiger partial charge on any atom is -0.370 e. The Morgan fingerprint density at radius 1 is 0.957 bits per heavy atom. The molecule has 0 radical (unpaired) electrons. The molecular formula is C19H36O4. The van der Waals surface area contributed by atoms with Crippen LogP contribution in [0, 0.1) is 0 Å². The zero-order valence-electron chi connectivity index (χ0n) is 15.4. The van der Waals surface area contributed by atoms with Crippen molar-refractivity contribution in [1.29, 1.82) is 0 Å². The molecule has 1 heterocycles. The maximum Gasteiger partial charge on any atom is 0.187 e. The highest BCUT2D eigenvalue weighted by Crippen LogP contribution is 2.28. The Kier molecular flexibility index (Phi) is 10.7. The lowest BCUT2D eigenvalue weighted by Crippen LogP contribution is -2.49. The van der Waals surface area contributed by atoms with Gasteiger partial charge in [-0.25, -0.2) is 0 Å². The summed E-state index contributed by atoms with van der Waals surface area (Å²) in [5.74, 6) is 0.00294. The monoisotopic (exact) mass is 328 g/mol. The van der Waals surface area contributed by atoms with Crippen LogP contribution in [-0.4, -0.2) is 37.5 Å². The van der Waals surface area contributed by atoms with E-state index < -0.39 is 11.9 Å². The summed E-state index contributed by atoms with van der Waals surface area (Å²) >= 11 is 0. The molecule has 0 aromatic carbocycles. The van der Waals surface area contributed by atoms with Gasteiger partial charge in [0.15, 0.2) is 12.1 Å². The third-order valence-electron chi connectivity index (χ3n) is 4.54. The van der Waals surface area contributed by atoms with Gasteiger partial charge in [0, 0.05) is 6.61 Å². The summed E-state index contributed by atoms with van der Waals surface area (Å²) in [6.07, 6.45) is 12.3. The van der Waals surface area contributed by atoms with E-state index in [0.29, 0.717) is 6.61 Å². The molecule has 0 aromatic rings. The fraction of sp³-hybridized carbons (Fsp3) is 0.947. The summed E-state index contributed by atoms with van der Waals surface area (Å²) in [4.78, 5) is 11.2. The van der Waals surface area contributed by atoms with Crippen molar-refractivity contribution in [2.24, 2.45) is 0 Å². The van der Waals surface area contributed by atoms with Crippen LogP contribution in [0.15, 0.2) is 0 Å². The largest absolute Gasteiger partial charge is 0.370 e. The lowest BCUT2D eigenvalue weighted by molar-refractivity contribution is -0.261. The number of unbranched alkanes of at least 4 members (excludes halogenated alkanes) is 8. The van der Waals surface area contributed by atoms with Gasteiger partial charge < -0.3 is 14.2 Å². The van der Waals surface area contributed by atoms with E-state index in [1.807, 2.05) is 13.8 Å². The van der Waals surface area contributed by atoms with E-state index >= 15 is 0 Å². The smallest absolute Gasteiger partial charge is 0.187 e. The van der Waals surface area contributed by atoms with Gasteiger partial charge in [-0.15, -0.1) is 0 Å². The van der Waals surface area contributed by atoms with Crippen molar-refractivity contribution in [3.63, 3.8) is 0 Å². The summed E-state index contributed by atoms with van der Waals surface area (Å²) < 4.78 is 17.0. The van der Waals surface area contributed by atoms with Gasteiger partial charge in [0.25, 0.3) is 0 Å². The van der Waals surface area contributed by atoms with E-state index in [1.165, 1.54) is 51.4 Å². The Balaban J connectivity index is 2.18. The summed E-state index contributed by atoms with van der Waals surface area (Å²) in [6, 6.07) is 0. The van der Waals surface area contributed by atoms with Crippen molar-refractivity contribution in [3.05, 3.63) is 0 Å². The average Bonchev–Trinajstić information content (AvgIpc) is 2.54. The molecule has 136 valence electrons. The summed E-state index contributed by atoms with van der Waals surface area (Å²) in [5.41, 5.74) is -0.448. The van der Waals surface area contributed by atoms with Gasteiger partial charge in [0.05, 0.1) is 0 Å². The molecule has 1 saturated heterocycles. The summed E-state index contributed by atoms with van der Waals surface area (Å²) in [6.45, 7) is 7.20. The molecule has 0 bridgehead atoms. The molecule has 0 saturated carbocycles. The summed E-state index contributed by atoms with van der Waals surface area (Å²) in [7, 11) is 0.